The molecular weight excluding hydrogens is 286 g/mol. The summed E-state index contributed by atoms with van der Waals surface area (Å²) in [5, 5.41) is 12.4. The molecule has 1 amide bonds. The molecule has 0 spiro atoms. The topological polar surface area (TPSA) is 67.1 Å². The molecule has 1 heterocycles. The van der Waals surface area contributed by atoms with E-state index in [2.05, 4.69) is 5.32 Å². The third kappa shape index (κ3) is 4.46. The minimum Gasteiger partial charge on any atom is -0.444 e. The Morgan fingerprint density at radius 2 is 2.19 bits per heavy atom. The summed E-state index contributed by atoms with van der Waals surface area (Å²) in [6.45, 7) is 5.88. The summed E-state index contributed by atoms with van der Waals surface area (Å²) >= 11 is 1.37. The van der Waals surface area contributed by atoms with Crippen molar-refractivity contribution in [2.24, 2.45) is 0 Å². The van der Waals surface area contributed by atoms with Crippen LogP contribution in [0.5, 0.6) is 0 Å². The molecule has 21 heavy (non-hydrogen) atoms. The molecule has 112 valence electrons. The lowest BCUT2D eigenvalue weighted by Crippen LogP contribution is -2.32. The molecule has 1 aromatic heterocycles. The molecule has 1 aromatic carbocycles. The molecule has 0 radical (unpaired) electrons. The molecular formula is C15H19N3O2S. The number of nitrogens with zero attached hydrogens (tertiary/aromatic N) is 1. The maximum Gasteiger partial charge on any atom is 0.407 e. The molecule has 2 N–H and O–H groups in total. The molecule has 0 aliphatic rings. The molecule has 0 aliphatic heterocycles. The summed E-state index contributed by atoms with van der Waals surface area (Å²) in [6.07, 6.45) is 1.42. The van der Waals surface area contributed by atoms with E-state index in [9.17, 15) is 4.79 Å². The SMILES string of the molecule is CC(C)(C)OC(=O)NCc1cccc(-n2ccsc2=N)c1. The second kappa shape index (κ2) is 6.13. The number of carbonyl (C=O) groups is 1. The highest BCUT2D eigenvalue weighted by molar-refractivity contribution is 7.07. The molecule has 0 bridgehead atoms. The summed E-state index contributed by atoms with van der Waals surface area (Å²) in [6, 6.07) is 7.72. The zero-order valence-electron chi connectivity index (χ0n) is 12.3. The Balaban J connectivity index is 2.04. The average molecular weight is 305 g/mol. The average Bonchev–Trinajstić information content (AvgIpc) is 2.81. The molecule has 0 aliphatic carbocycles. The van der Waals surface area contributed by atoms with Crippen molar-refractivity contribution in [3.8, 4) is 5.69 Å². The highest BCUT2D eigenvalue weighted by atomic mass is 32.1. The van der Waals surface area contributed by atoms with Crippen molar-refractivity contribution in [1.29, 1.82) is 5.41 Å². The van der Waals surface area contributed by atoms with Gasteiger partial charge in [-0.15, -0.1) is 11.3 Å². The molecule has 2 rings (SSSR count). The highest BCUT2D eigenvalue weighted by Crippen LogP contribution is 2.11. The van der Waals surface area contributed by atoms with Crippen LogP contribution in [-0.4, -0.2) is 16.3 Å². The van der Waals surface area contributed by atoms with Gasteiger partial charge >= 0.3 is 6.09 Å². The Morgan fingerprint density at radius 3 is 2.81 bits per heavy atom. The number of amides is 1. The van der Waals surface area contributed by atoms with Crippen LogP contribution in [0.15, 0.2) is 35.8 Å². The van der Waals surface area contributed by atoms with Crippen LogP contribution in [0.1, 0.15) is 26.3 Å². The van der Waals surface area contributed by atoms with E-state index in [-0.39, 0.29) is 0 Å². The zero-order valence-corrected chi connectivity index (χ0v) is 13.2. The van der Waals surface area contributed by atoms with E-state index in [0.717, 1.165) is 11.3 Å². The second-order valence-electron chi connectivity index (χ2n) is 5.60. The molecule has 6 heteroatoms. The first-order valence-electron chi connectivity index (χ1n) is 6.62. The van der Waals surface area contributed by atoms with Gasteiger partial charge in [-0.25, -0.2) is 4.79 Å². The molecule has 0 fully saturated rings. The Bertz CT molecular complexity index is 682. The Morgan fingerprint density at radius 1 is 1.43 bits per heavy atom. The summed E-state index contributed by atoms with van der Waals surface area (Å²) in [5.41, 5.74) is 1.36. The van der Waals surface area contributed by atoms with Crippen LogP contribution in [0.25, 0.3) is 5.69 Å². The molecule has 0 unspecified atom stereocenters. The fraction of sp³-hybridized carbons (Fsp3) is 0.333. The lowest BCUT2D eigenvalue weighted by molar-refractivity contribution is 0.0523. The van der Waals surface area contributed by atoms with Crippen molar-refractivity contribution in [3.63, 3.8) is 0 Å². The fourth-order valence-electron chi connectivity index (χ4n) is 1.79. The van der Waals surface area contributed by atoms with Gasteiger partial charge in [-0.2, -0.15) is 0 Å². The van der Waals surface area contributed by atoms with Gasteiger partial charge in [0.05, 0.1) is 0 Å². The first-order chi connectivity index (χ1) is 9.85. The van der Waals surface area contributed by atoms with Crippen LogP contribution in [0.4, 0.5) is 4.79 Å². The van der Waals surface area contributed by atoms with Crippen molar-refractivity contribution < 1.29 is 9.53 Å². The first kappa shape index (κ1) is 15.3. The van der Waals surface area contributed by atoms with Gasteiger partial charge in [0.1, 0.15) is 5.60 Å². The molecule has 5 nitrogen and oxygen atoms in total. The summed E-state index contributed by atoms with van der Waals surface area (Å²) in [7, 11) is 0. The van der Waals surface area contributed by atoms with Gasteiger partial charge in [-0.1, -0.05) is 12.1 Å². The normalized spacial score (nSPS) is 11.2. The van der Waals surface area contributed by atoms with Gasteiger partial charge in [-0.3, -0.25) is 9.98 Å². The maximum absolute atomic E-state index is 11.6. The van der Waals surface area contributed by atoms with E-state index < -0.39 is 11.7 Å². The Labute approximate surface area is 127 Å². The van der Waals surface area contributed by atoms with Gasteiger partial charge in [0.2, 0.25) is 0 Å². The lowest BCUT2D eigenvalue weighted by atomic mass is 10.2. The Kier molecular flexibility index (Phi) is 4.47. The summed E-state index contributed by atoms with van der Waals surface area (Å²) in [5.74, 6) is 0. The van der Waals surface area contributed by atoms with Crippen molar-refractivity contribution in [3.05, 3.63) is 46.2 Å². The quantitative estimate of drug-likeness (QED) is 0.915. The minimum absolute atomic E-state index is 0.390. The van der Waals surface area contributed by atoms with Gasteiger partial charge in [-0.05, 0) is 38.5 Å². The van der Waals surface area contributed by atoms with E-state index >= 15 is 0 Å². The van der Waals surface area contributed by atoms with Crippen LogP contribution in [-0.2, 0) is 11.3 Å². The minimum atomic E-state index is -0.501. The predicted molar refractivity (Wildman–Crippen MR) is 82.6 cm³/mol. The predicted octanol–water partition coefficient (Wildman–Crippen LogP) is 3.04. The van der Waals surface area contributed by atoms with E-state index in [1.807, 2.05) is 56.6 Å². The molecule has 0 atom stereocenters. The number of hydrogen-bond donors (Lipinski definition) is 2. The molecule has 0 saturated carbocycles. The van der Waals surface area contributed by atoms with Gasteiger partial charge < -0.3 is 10.1 Å². The van der Waals surface area contributed by atoms with Gasteiger partial charge in [0, 0.05) is 23.8 Å². The van der Waals surface area contributed by atoms with E-state index in [0.29, 0.717) is 11.3 Å². The van der Waals surface area contributed by atoms with Gasteiger partial charge in [0.25, 0.3) is 0 Å². The number of benzene rings is 1. The largest absolute Gasteiger partial charge is 0.444 e. The lowest BCUT2D eigenvalue weighted by Gasteiger charge is -2.19. The van der Waals surface area contributed by atoms with Crippen LogP contribution < -0.4 is 10.1 Å². The van der Waals surface area contributed by atoms with E-state index in [1.54, 1.807) is 4.57 Å². The standard InChI is InChI=1S/C15H19N3O2S/c1-15(2,3)20-14(19)17-10-11-5-4-6-12(9-11)18-7-8-21-13(18)16/h4-9,16H,10H2,1-3H3,(H,17,19). The highest BCUT2D eigenvalue weighted by Gasteiger charge is 2.15. The number of thiazole rings is 1. The van der Waals surface area contributed by atoms with Crippen LogP contribution in [0, 0.1) is 5.41 Å². The van der Waals surface area contributed by atoms with Crippen LogP contribution in [0.2, 0.25) is 0 Å². The number of carbonyl (C=O) groups excluding carboxylic acids is 1. The fourth-order valence-corrected chi connectivity index (χ4v) is 2.38. The van der Waals surface area contributed by atoms with Crippen molar-refractivity contribution in [2.45, 2.75) is 32.9 Å². The smallest absolute Gasteiger partial charge is 0.407 e. The number of aromatic nitrogens is 1. The Hall–Kier alpha value is -2.08. The van der Waals surface area contributed by atoms with Gasteiger partial charge in [0.15, 0.2) is 4.80 Å². The van der Waals surface area contributed by atoms with Crippen LogP contribution >= 0.6 is 11.3 Å². The number of rotatable bonds is 3. The van der Waals surface area contributed by atoms with Crippen LogP contribution in [0.3, 0.4) is 0 Å². The van der Waals surface area contributed by atoms with Crippen molar-refractivity contribution in [1.82, 2.24) is 9.88 Å². The number of alkyl carbamates (subject to hydrolysis) is 1. The second-order valence-corrected chi connectivity index (χ2v) is 6.50. The van der Waals surface area contributed by atoms with Crippen molar-refractivity contribution >= 4 is 17.4 Å². The number of hydrogen-bond acceptors (Lipinski definition) is 4. The number of nitrogens with one attached hydrogen (secondary N) is 2. The van der Waals surface area contributed by atoms with E-state index in [4.69, 9.17) is 10.1 Å². The monoisotopic (exact) mass is 305 g/mol. The molecule has 0 saturated heterocycles. The third-order valence-electron chi connectivity index (χ3n) is 2.63. The van der Waals surface area contributed by atoms with E-state index in [1.165, 1.54) is 11.3 Å². The van der Waals surface area contributed by atoms with Crippen molar-refractivity contribution in [2.75, 3.05) is 0 Å². The maximum atomic E-state index is 11.6. The summed E-state index contributed by atoms with van der Waals surface area (Å²) < 4.78 is 6.99. The third-order valence-corrected chi connectivity index (χ3v) is 3.31. The molecule has 2 aromatic rings. The zero-order chi connectivity index (χ0) is 15.5. The first-order valence-corrected chi connectivity index (χ1v) is 7.50. The number of ether oxygens (including phenoxy) is 1. The summed E-state index contributed by atoms with van der Waals surface area (Å²) in [4.78, 5) is 12.1.